The average Bonchev–Trinajstić information content (AvgIpc) is 3.01. The van der Waals surface area contributed by atoms with E-state index in [1.54, 1.807) is 4.57 Å². The minimum atomic E-state index is -0.145. The second kappa shape index (κ2) is 8.64. The molecule has 6 nitrogen and oxygen atoms in total. The number of H-pyrrole nitrogens is 1. The lowest BCUT2D eigenvalue weighted by atomic mass is 10.1. The van der Waals surface area contributed by atoms with Crippen molar-refractivity contribution in [1.29, 1.82) is 0 Å². The van der Waals surface area contributed by atoms with Crippen molar-refractivity contribution >= 4 is 18.1 Å². The monoisotopic (exact) mass is 382 g/mol. The van der Waals surface area contributed by atoms with Gasteiger partial charge in [0.05, 0.1) is 6.54 Å². The zero-order valence-corrected chi connectivity index (χ0v) is 16.2. The Kier molecular flexibility index (Phi) is 6.03. The number of hydrogen-bond acceptors (Lipinski definition) is 4. The fraction of sp³-hybridized carbons (Fsp3) is 0.250. The molecule has 0 unspecified atom stereocenters. The van der Waals surface area contributed by atoms with Crippen LogP contribution in [0.3, 0.4) is 0 Å². The van der Waals surface area contributed by atoms with Crippen molar-refractivity contribution in [3.05, 3.63) is 64.4 Å². The highest BCUT2D eigenvalue weighted by Gasteiger charge is 2.12. The third-order valence-corrected chi connectivity index (χ3v) is 4.36. The summed E-state index contributed by atoms with van der Waals surface area (Å²) in [6.45, 7) is 4.95. The summed E-state index contributed by atoms with van der Waals surface area (Å²) in [5.74, 6) is 1.29. The van der Waals surface area contributed by atoms with Crippen molar-refractivity contribution in [2.75, 3.05) is 13.2 Å². The number of rotatable bonds is 7. The van der Waals surface area contributed by atoms with Crippen molar-refractivity contribution in [2.45, 2.75) is 20.4 Å². The maximum atomic E-state index is 12.3. The molecule has 0 atom stereocenters. The molecule has 7 heteroatoms. The van der Waals surface area contributed by atoms with Crippen molar-refractivity contribution in [3.63, 3.8) is 0 Å². The average molecular weight is 382 g/mol. The van der Waals surface area contributed by atoms with Crippen LogP contribution >= 0.6 is 12.2 Å². The molecule has 0 saturated carbocycles. The van der Waals surface area contributed by atoms with Crippen LogP contribution in [-0.4, -0.2) is 33.8 Å². The summed E-state index contributed by atoms with van der Waals surface area (Å²) >= 11 is 5.27. The fourth-order valence-electron chi connectivity index (χ4n) is 2.66. The first-order valence-corrected chi connectivity index (χ1v) is 9.12. The summed E-state index contributed by atoms with van der Waals surface area (Å²) in [5, 5.41) is 9.88. The number of nitrogens with one attached hydrogen (secondary N) is 2. The third-order valence-electron chi connectivity index (χ3n) is 4.05. The number of aryl methyl sites for hydroxylation is 2. The van der Waals surface area contributed by atoms with Gasteiger partial charge in [-0.2, -0.15) is 5.10 Å². The number of benzene rings is 2. The molecule has 0 aliphatic carbocycles. The van der Waals surface area contributed by atoms with E-state index in [2.05, 4.69) is 15.5 Å². The van der Waals surface area contributed by atoms with Crippen molar-refractivity contribution in [1.82, 2.24) is 20.1 Å². The van der Waals surface area contributed by atoms with Crippen molar-refractivity contribution < 1.29 is 9.53 Å². The predicted octanol–water partition coefficient (Wildman–Crippen LogP) is 3.42. The Morgan fingerprint density at radius 1 is 1.19 bits per heavy atom. The SMILES string of the molecule is Cc1ccc(OCCNC(=O)Cn2c(-c3cccc(C)c3)n[nH]c2=S)cc1. The van der Waals surface area contributed by atoms with Crippen LogP contribution in [0.15, 0.2) is 48.5 Å². The highest BCUT2D eigenvalue weighted by Crippen LogP contribution is 2.18. The van der Waals surface area contributed by atoms with E-state index >= 15 is 0 Å². The smallest absolute Gasteiger partial charge is 0.240 e. The Balaban J connectivity index is 1.56. The molecule has 2 N–H and O–H groups in total. The van der Waals surface area contributed by atoms with E-state index in [-0.39, 0.29) is 12.5 Å². The van der Waals surface area contributed by atoms with E-state index in [0.29, 0.717) is 23.7 Å². The minimum Gasteiger partial charge on any atom is -0.492 e. The number of hydrogen-bond donors (Lipinski definition) is 2. The van der Waals surface area contributed by atoms with Crippen LogP contribution in [0.4, 0.5) is 0 Å². The van der Waals surface area contributed by atoms with Crippen LogP contribution < -0.4 is 10.1 Å². The standard InChI is InChI=1S/C20H22N4O2S/c1-14-6-8-17(9-7-14)26-11-10-21-18(25)13-24-19(22-23-20(24)27)16-5-3-4-15(2)12-16/h3-9,12H,10-11,13H2,1-2H3,(H,21,25)(H,23,27). The number of ether oxygens (including phenoxy) is 1. The first-order chi connectivity index (χ1) is 13.0. The van der Waals surface area contributed by atoms with Gasteiger partial charge in [0.2, 0.25) is 5.91 Å². The molecule has 0 spiro atoms. The van der Waals surface area contributed by atoms with Gasteiger partial charge in [0.15, 0.2) is 10.6 Å². The number of carbonyl (C=O) groups excluding carboxylic acids is 1. The van der Waals surface area contributed by atoms with Gasteiger partial charge >= 0.3 is 0 Å². The topological polar surface area (TPSA) is 71.9 Å². The van der Waals surface area contributed by atoms with Crippen LogP contribution in [0.1, 0.15) is 11.1 Å². The molecular formula is C20H22N4O2S. The van der Waals surface area contributed by atoms with Gasteiger partial charge in [0.1, 0.15) is 18.9 Å². The van der Waals surface area contributed by atoms with Crippen LogP contribution in [0.25, 0.3) is 11.4 Å². The first kappa shape index (κ1) is 18.8. The van der Waals surface area contributed by atoms with Gasteiger partial charge in [0, 0.05) is 5.56 Å². The van der Waals surface area contributed by atoms with Crippen LogP contribution in [0, 0.1) is 18.6 Å². The molecule has 3 aromatic rings. The Bertz CT molecular complexity index is 976. The number of aromatic nitrogens is 3. The van der Waals surface area contributed by atoms with Crippen LogP contribution in [0.2, 0.25) is 0 Å². The van der Waals surface area contributed by atoms with E-state index in [9.17, 15) is 4.79 Å². The van der Waals surface area contributed by atoms with Crippen LogP contribution in [0.5, 0.6) is 5.75 Å². The second-order valence-electron chi connectivity index (χ2n) is 6.32. The third kappa shape index (κ3) is 5.04. The molecule has 2 aromatic carbocycles. The molecule has 0 saturated heterocycles. The zero-order valence-electron chi connectivity index (χ0n) is 15.4. The summed E-state index contributed by atoms with van der Waals surface area (Å²) in [5.41, 5.74) is 3.21. The number of amides is 1. The quantitative estimate of drug-likeness (QED) is 0.485. The maximum absolute atomic E-state index is 12.3. The highest BCUT2D eigenvalue weighted by atomic mass is 32.1. The predicted molar refractivity (Wildman–Crippen MR) is 107 cm³/mol. The molecule has 140 valence electrons. The van der Waals surface area contributed by atoms with E-state index in [0.717, 1.165) is 16.9 Å². The molecule has 27 heavy (non-hydrogen) atoms. The summed E-state index contributed by atoms with van der Waals surface area (Å²) in [4.78, 5) is 12.3. The van der Waals surface area contributed by atoms with E-state index < -0.39 is 0 Å². The lowest BCUT2D eigenvalue weighted by Gasteiger charge is -2.10. The first-order valence-electron chi connectivity index (χ1n) is 8.71. The molecular weight excluding hydrogens is 360 g/mol. The Morgan fingerprint density at radius 2 is 1.96 bits per heavy atom. The molecule has 0 aliphatic heterocycles. The molecule has 1 amide bonds. The second-order valence-corrected chi connectivity index (χ2v) is 6.71. The van der Waals surface area contributed by atoms with Gasteiger partial charge in [0.25, 0.3) is 0 Å². The van der Waals surface area contributed by atoms with Crippen molar-refractivity contribution in [3.8, 4) is 17.1 Å². The Hall–Kier alpha value is -2.93. The number of nitrogens with zero attached hydrogens (tertiary/aromatic N) is 2. The van der Waals surface area contributed by atoms with Crippen molar-refractivity contribution in [2.24, 2.45) is 0 Å². The molecule has 0 fully saturated rings. The lowest BCUT2D eigenvalue weighted by molar-refractivity contribution is -0.121. The molecule has 0 aliphatic rings. The summed E-state index contributed by atoms with van der Waals surface area (Å²) in [6.07, 6.45) is 0. The van der Waals surface area contributed by atoms with Crippen LogP contribution in [-0.2, 0) is 11.3 Å². The minimum absolute atomic E-state index is 0.100. The van der Waals surface area contributed by atoms with Gasteiger partial charge in [-0.3, -0.25) is 14.5 Å². The van der Waals surface area contributed by atoms with Gasteiger partial charge in [-0.15, -0.1) is 0 Å². The molecule has 0 radical (unpaired) electrons. The highest BCUT2D eigenvalue weighted by molar-refractivity contribution is 7.71. The van der Waals surface area contributed by atoms with Gasteiger partial charge in [-0.05, 0) is 44.3 Å². The summed E-state index contributed by atoms with van der Waals surface area (Å²) in [6, 6.07) is 15.7. The van der Waals surface area contributed by atoms with E-state index in [1.165, 1.54) is 5.56 Å². The largest absolute Gasteiger partial charge is 0.492 e. The molecule has 0 bridgehead atoms. The summed E-state index contributed by atoms with van der Waals surface area (Å²) < 4.78 is 7.73. The molecule has 1 heterocycles. The van der Waals surface area contributed by atoms with Gasteiger partial charge in [-0.25, -0.2) is 0 Å². The van der Waals surface area contributed by atoms with Gasteiger partial charge < -0.3 is 10.1 Å². The van der Waals surface area contributed by atoms with E-state index in [1.807, 2.05) is 62.4 Å². The summed E-state index contributed by atoms with van der Waals surface area (Å²) in [7, 11) is 0. The van der Waals surface area contributed by atoms with Gasteiger partial charge in [-0.1, -0.05) is 41.5 Å². The normalized spacial score (nSPS) is 10.6. The van der Waals surface area contributed by atoms with E-state index in [4.69, 9.17) is 17.0 Å². The number of aromatic amines is 1. The maximum Gasteiger partial charge on any atom is 0.240 e. The lowest BCUT2D eigenvalue weighted by Crippen LogP contribution is -2.31. The molecule has 3 rings (SSSR count). The number of carbonyl (C=O) groups is 1. The fourth-order valence-corrected chi connectivity index (χ4v) is 2.86. The Labute approximate surface area is 163 Å². The zero-order chi connectivity index (χ0) is 19.2. The Morgan fingerprint density at radius 3 is 2.70 bits per heavy atom. The molecule has 1 aromatic heterocycles.